The third-order valence-corrected chi connectivity index (χ3v) is 4.49. The second-order valence-electron chi connectivity index (χ2n) is 6.68. The molecule has 1 fully saturated rings. The van der Waals surface area contributed by atoms with Crippen molar-refractivity contribution in [2.24, 2.45) is 0 Å². The van der Waals surface area contributed by atoms with Crippen LogP contribution in [0.4, 0.5) is 13.2 Å². The van der Waals surface area contributed by atoms with Gasteiger partial charge in [0, 0.05) is 30.6 Å². The minimum Gasteiger partial charge on any atom is -0.341 e. The Morgan fingerprint density at radius 3 is 2.66 bits per heavy atom. The highest BCUT2D eigenvalue weighted by atomic mass is 19.4. The molecular weight excluding hydrogens is 381 g/mol. The van der Waals surface area contributed by atoms with Crippen LogP contribution in [-0.4, -0.2) is 29.8 Å². The molecule has 4 nitrogen and oxygen atoms in total. The summed E-state index contributed by atoms with van der Waals surface area (Å²) in [6, 6.07) is 11.7. The van der Waals surface area contributed by atoms with Crippen molar-refractivity contribution in [2.45, 2.75) is 25.6 Å². The van der Waals surface area contributed by atoms with Crippen LogP contribution in [0.25, 0.3) is 0 Å². The Hall–Kier alpha value is -3.27. The third-order valence-electron chi connectivity index (χ3n) is 4.49. The van der Waals surface area contributed by atoms with E-state index in [1.807, 2.05) is 6.07 Å². The molecule has 0 spiro atoms. The average molecular weight is 400 g/mol. The van der Waals surface area contributed by atoms with Crippen LogP contribution in [0.5, 0.6) is 0 Å². The number of nitrogens with one attached hydrogen (secondary N) is 1. The van der Waals surface area contributed by atoms with E-state index in [1.165, 1.54) is 12.1 Å². The Morgan fingerprint density at radius 1 is 1.14 bits per heavy atom. The van der Waals surface area contributed by atoms with E-state index < -0.39 is 11.7 Å². The third kappa shape index (κ3) is 5.61. The van der Waals surface area contributed by atoms with E-state index >= 15 is 0 Å². The molecule has 0 unspecified atom stereocenters. The predicted molar refractivity (Wildman–Crippen MR) is 102 cm³/mol. The van der Waals surface area contributed by atoms with Gasteiger partial charge in [0.2, 0.25) is 5.91 Å². The summed E-state index contributed by atoms with van der Waals surface area (Å²) in [5, 5.41) is 2.63. The van der Waals surface area contributed by atoms with Crippen LogP contribution < -0.4 is 5.32 Å². The maximum absolute atomic E-state index is 12.7. The van der Waals surface area contributed by atoms with Crippen molar-refractivity contribution in [3.63, 3.8) is 0 Å². The molecule has 0 bridgehead atoms. The number of nitrogens with zero attached hydrogens (tertiary/aromatic N) is 1. The van der Waals surface area contributed by atoms with Crippen molar-refractivity contribution in [1.29, 1.82) is 0 Å². The number of halogens is 3. The molecule has 29 heavy (non-hydrogen) atoms. The summed E-state index contributed by atoms with van der Waals surface area (Å²) >= 11 is 0. The number of carbonyl (C=O) groups excluding carboxylic acids is 2. The minimum atomic E-state index is -4.42. The molecule has 2 aromatic rings. The molecule has 0 aromatic heterocycles. The molecule has 1 saturated heterocycles. The first-order valence-electron chi connectivity index (χ1n) is 9.14. The highest BCUT2D eigenvalue weighted by molar-refractivity contribution is 5.94. The van der Waals surface area contributed by atoms with Gasteiger partial charge in [-0.2, -0.15) is 13.2 Å². The van der Waals surface area contributed by atoms with Crippen LogP contribution in [0, 0.1) is 11.8 Å². The summed E-state index contributed by atoms with van der Waals surface area (Å²) in [6.45, 7) is 1.19. The minimum absolute atomic E-state index is 0.00389. The zero-order valence-electron chi connectivity index (χ0n) is 15.6. The van der Waals surface area contributed by atoms with Gasteiger partial charge >= 0.3 is 6.18 Å². The van der Waals surface area contributed by atoms with Crippen molar-refractivity contribution in [3.8, 4) is 11.8 Å². The van der Waals surface area contributed by atoms with Crippen LogP contribution in [-0.2, 0) is 17.5 Å². The fourth-order valence-corrected chi connectivity index (χ4v) is 3.05. The van der Waals surface area contributed by atoms with Crippen molar-refractivity contribution < 1.29 is 22.8 Å². The first-order valence-corrected chi connectivity index (χ1v) is 9.14. The Labute approximate surface area is 166 Å². The van der Waals surface area contributed by atoms with E-state index in [-0.39, 0.29) is 23.9 Å². The predicted octanol–water partition coefficient (Wildman–Crippen LogP) is 3.61. The molecule has 1 heterocycles. The number of hydrogen-bond acceptors (Lipinski definition) is 2. The van der Waals surface area contributed by atoms with Gasteiger partial charge in [0.05, 0.1) is 12.1 Å². The van der Waals surface area contributed by atoms with Crippen LogP contribution >= 0.6 is 0 Å². The largest absolute Gasteiger partial charge is 0.416 e. The lowest BCUT2D eigenvalue weighted by molar-refractivity contribution is -0.137. The monoisotopic (exact) mass is 400 g/mol. The van der Waals surface area contributed by atoms with E-state index in [0.717, 1.165) is 30.7 Å². The maximum Gasteiger partial charge on any atom is 0.416 e. The molecule has 150 valence electrons. The molecule has 2 aromatic carbocycles. The summed E-state index contributed by atoms with van der Waals surface area (Å²) < 4.78 is 38.1. The van der Waals surface area contributed by atoms with E-state index in [1.54, 1.807) is 23.1 Å². The van der Waals surface area contributed by atoms with E-state index in [4.69, 9.17) is 0 Å². The fraction of sp³-hybridized carbons (Fsp3) is 0.273. The van der Waals surface area contributed by atoms with E-state index in [2.05, 4.69) is 17.2 Å². The summed E-state index contributed by atoms with van der Waals surface area (Å²) in [5.41, 5.74) is 0.769. The van der Waals surface area contributed by atoms with Crippen LogP contribution in [0.2, 0.25) is 0 Å². The fourth-order valence-electron chi connectivity index (χ4n) is 3.05. The Balaban J connectivity index is 1.57. The molecule has 2 amide bonds. The van der Waals surface area contributed by atoms with Gasteiger partial charge in [-0.25, -0.2) is 0 Å². The van der Waals surface area contributed by atoms with E-state index in [0.29, 0.717) is 18.5 Å². The number of amides is 2. The number of hydrogen-bond donors (Lipinski definition) is 1. The smallest absolute Gasteiger partial charge is 0.341 e. The SMILES string of the molecule is O=C(NCC#Cc1cccc(C(F)(F)F)c1)c1cccc(CN2CCCC2=O)c1. The molecule has 7 heteroatoms. The quantitative estimate of drug-likeness (QED) is 0.798. The Bertz CT molecular complexity index is 974. The lowest BCUT2D eigenvalue weighted by Gasteiger charge is -2.15. The maximum atomic E-state index is 12.7. The number of alkyl halides is 3. The standard InChI is InChI=1S/C22H19F3N2O2/c23-22(24,25)19-9-2-5-16(14-19)7-3-11-26-21(29)18-8-1-6-17(13-18)15-27-12-4-10-20(27)28/h1-2,5-6,8-9,13-14H,4,10-12,15H2,(H,26,29). The van der Waals surface area contributed by atoms with Crippen molar-refractivity contribution in [2.75, 3.05) is 13.1 Å². The summed E-state index contributed by atoms with van der Waals surface area (Å²) in [6.07, 6.45) is -3.01. The summed E-state index contributed by atoms with van der Waals surface area (Å²) in [5.74, 6) is 5.06. The highest BCUT2D eigenvalue weighted by Gasteiger charge is 2.30. The summed E-state index contributed by atoms with van der Waals surface area (Å²) in [4.78, 5) is 25.8. The van der Waals surface area contributed by atoms with Crippen LogP contribution in [0.1, 0.15) is 39.9 Å². The van der Waals surface area contributed by atoms with Gasteiger partial charge in [-0.05, 0) is 42.3 Å². The normalized spacial score (nSPS) is 13.8. The molecule has 1 aliphatic heterocycles. The molecule has 0 aliphatic carbocycles. The van der Waals surface area contributed by atoms with Crippen LogP contribution in [0.15, 0.2) is 48.5 Å². The topological polar surface area (TPSA) is 49.4 Å². The Kier molecular flexibility index (Phi) is 6.23. The average Bonchev–Trinajstić information content (AvgIpc) is 3.09. The highest BCUT2D eigenvalue weighted by Crippen LogP contribution is 2.29. The van der Waals surface area contributed by atoms with Crippen molar-refractivity contribution >= 4 is 11.8 Å². The van der Waals surface area contributed by atoms with Crippen LogP contribution in [0.3, 0.4) is 0 Å². The van der Waals surface area contributed by atoms with Gasteiger partial charge < -0.3 is 10.2 Å². The van der Waals surface area contributed by atoms with Gasteiger partial charge in [0.15, 0.2) is 0 Å². The molecule has 0 radical (unpaired) electrons. The zero-order valence-corrected chi connectivity index (χ0v) is 15.6. The zero-order chi connectivity index (χ0) is 20.9. The van der Waals surface area contributed by atoms with Gasteiger partial charge in [-0.1, -0.05) is 30.0 Å². The van der Waals surface area contributed by atoms with Gasteiger partial charge in [-0.3, -0.25) is 9.59 Å². The number of benzene rings is 2. The first kappa shape index (κ1) is 20.5. The molecule has 3 rings (SSSR count). The second kappa shape index (κ2) is 8.82. The van der Waals surface area contributed by atoms with E-state index in [9.17, 15) is 22.8 Å². The molecule has 1 N–H and O–H groups in total. The number of rotatable bonds is 4. The number of likely N-dealkylation sites (tertiary alicyclic amines) is 1. The molecular formula is C22H19F3N2O2. The first-order chi connectivity index (χ1) is 13.8. The van der Waals surface area contributed by atoms with Gasteiger partial charge in [0.1, 0.15) is 0 Å². The summed E-state index contributed by atoms with van der Waals surface area (Å²) in [7, 11) is 0. The number of carbonyl (C=O) groups is 2. The second-order valence-corrected chi connectivity index (χ2v) is 6.68. The molecule has 0 atom stereocenters. The lowest BCUT2D eigenvalue weighted by Crippen LogP contribution is -2.25. The Morgan fingerprint density at radius 2 is 1.93 bits per heavy atom. The van der Waals surface area contributed by atoms with Crippen molar-refractivity contribution in [3.05, 3.63) is 70.8 Å². The molecule has 1 aliphatic rings. The van der Waals surface area contributed by atoms with Gasteiger partial charge in [-0.15, -0.1) is 0 Å². The van der Waals surface area contributed by atoms with Gasteiger partial charge in [0.25, 0.3) is 5.91 Å². The molecule has 0 saturated carbocycles. The van der Waals surface area contributed by atoms with Crippen molar-refractivity contribution in [1.82, 2.24) is 10.2 Å². The lowest BCUT2D eigenvalue weighted by atomic mass is 10.1.